The Morgan fingerprint density at radius 2 is 1.74 bits per heavy atom. The van der Waals surface area contributed by atoms with Crippen LogP contribution in [0.1, 0.15) is 27.2 Å². The summed E-state index contributed by atoms with van der Waals surface area (Å²) in [6.45, 7) is 3.87. The van der Waals surface area contributed by atoms with Crippen molar-refractivity contribution in [3.63, 3.8) is 0 Å². The summed E-state index contributed by atoms with van der Waals surface area (Å²) in [5, 5.41) is 15.5. The number of carbonyl (C=O) groups is 1. The fourth-order valence-corrected chi connectivity index (χ4v) is 4.78. The molecule has 1 aliphatic rings. The number of rotatable bonds is 10. The van der Waals surface area contributed by atoms with Crippen molar-refractivity contribution in [3.8, 4) is 11.5 Å². The molecule has 0 radical (unpaired) electrons. The number of hydrogen-bond acceptors (Lipinski definition) is 7. The van der Waals surface area contributed by atoms with Gasteiger partial charge in [-0.05, 0) is 66.1 Å². The first-order valence-electron chi connectivity index (χ1n) is 12.8. The molecular weight excluding hydrogens is 516 g/mol. The van der Waals surface area contributed by atoms with E-state index in [4.69, 9.17) is 21.1 Å². The molecule has 1 aromatic heterocycles. The van der Waals surface area contributed by atoms with Gasteiger partial charge in [-0.25, -0.2) is 0 Å². The van der Waals surface area contributed by atoms with Gasteiger partial charge in [0.25, 0.3) is 5.91 Å². The SMILES string of the molecule is COc1cc2c(cc1OC)CN(CCn1cc(CNc3ccccc3C(=O)Nc3ccc(Cl)cc3)nn1)CC2. The van der Waals surface area contributed by atoms with Crippen LogP contribution >= 0.6 is 11.6 Å². The van der Waals surface area contributed by atoms with Crippen molar-refractivity contribution in [2.75, 3.05) is 37.9 Å². The molecule has 4 aromatic rings. The number of hydrogen-bond donors (Lipinski definition) is 2. The van der Waals surface area contributed by atoms with Gasteiger partial charge in [-0.2, -0.15) is 0 Å². The summed E-state index contributed by atoms with van der Waals surface area (Å²) < 4.78 is 12.8. The minimum atomic E-state index is -0.205. The number of carbonyl (C=O) groups excluding carboxylic acids is 1. The molecule has 0 fully saturated rings. The van der Waals surface area contributed by atoms with E-state index in [1.165, 1.54) is 11.1 Å². The van der Waals surface area contributed by atoms with Crippen LogP contribution in [-0.2, 0) is 26.1 Å². The second kappa shape index (κ2) is 12.2. The van der Waals surface area contributed by atoms with Crippen LogP contribution in [0.3, 0.4) is 0 Å². The lowest BCUT2D eigenvalue weighted by molar-refractivity contribution is 0.102. The van der Waals surface area contributed by atoms with Crippen molar-refractivity contribution >= 4 is 28.9 Å². The fourth-order valence-electron chi connectivity index (χ4n) is 4.66. The third-order valence-electron chi connectivity index (χ3n) is 6.76. The van der Waals surface area contributed by atoms with Crippen LogP contribution in [0, 0.1) is 0 Å². The number of para-hydroxylation sites is 1. The van der Waals surface area contributed by atoms with Gasteiger partial charge in [0.2, 0.25) is 0 Å². The zero-order chi connectivity index (χ0) is 27.2. The number of nitrogens with zero attached hydrogens (tertiary/aromatic N) is 4. The van der Waals surface area contributed by atoms with Gasteiger partial charge in [0.15, 0.2) is 11.5 Å². The van der Waals surface area contributed by atoms with E-state index < -0.39 is 0 Å². The van der Waals surface area contributed by atoms with Crippen LogP contribution < -0.4 is 20.1 Å². The zero-order valence-corrected chi connectivity index (χ0v) is 22.7. The van der Waals surface area contributed by atoms with Gasteiger partial charge >= 0.3 is 0 Å². The Bertz CT molecular complexity index is 1440. The highest BCUT2D eigenvalue weighted by molar-refractivity contribution is 6.30. The number of fused-ring (bicyclic) bond motifs is 1. The maximum atomic E-state index is 12.9. The van der Waals surface area contributed by atoms with Gasteiger partial charge in [0.05, 0.1) is 39.1 Å². The molecular formula is C29H31ClN6O3. The van der Waals surface area contributed by atoms with E-state index in [9.17, 15) is 4.79 Å². The smallest absolute Gasteiger partial charge is 0.257 e. The van der Waals surface area contributed by atoms with Crippen molar-refractivity contribution < 1.29 is 14.3 Å². The largest absolute Gasteiger partial charge is 0.493 e. The van der Waals surface area contributed by atoms with Crippen molar-refractivity contribution in [1.82, 2.24) is 19.9 Å². The van der Waals surface area contributed by atoms with Crippen molar-refractivity contribution in [2.45, 2.75) is 26.1 Å². The summed E-state index contributed by atoms with van der Waals surface area (Å²) >= 11 is 5.94. The summed E-state index contributed by atoms with van der Waals surface area (Å²) in [6, 6.07) is 18.6. The molecule has 1 aliphatic heterocycles. The molecule has 0 bridgehead atoms. The summed E-state index contributed by atoms with van der Waals surface area (Å²) in [5.74, 6) is 1.33. The normalized spacial score (nSPS) is 13.0. The highest BCUT2D eigenvalue weighted by Gasteiger charge is 2.19. The van der Waals surface area contributed by atoms with Crippen molar-refractivity contribution in [1.29, 1.82) is 0 Å². The molecule has 10 heteroatoms. The third kappa shape index (κ3) is 6.50. The standard InChI is InChI=1S/C29H31ClN6O3/c1-38-27-15-20-11-12-35(18-21(20)16-28(27)39-2)13-14-36-19-24(33-34-36)17-31-26-6-4-3-5-25(26)29(37)32-23-9-7-22(30)8-10-23/h3-10,15-16,19,31H,11-14,17-18H2,1-2H3,(H,32,37). The number of benzene rings is 3. The average molecular weight is 547 g/mol. The molecule has 3 aromatic carbocycles. The van der Waals surface area contributed by atoms with Gasteiger partial charge in [-0.3, -0.25) is 14.4 Å². The van der Waals surface area contributed by atoms with Crippen LogP contribution in [0.15, 0.2) is 66.9 Å². The Hall–Kier alpha value is -4.08. The van der Waals surface area contributed by atoms with Crippen molar-refractivity contribution in [3.05, 3.63) is 94.3 Å². The minimum absolute atomic E-state index is 0.205. The Morgan fingerprint density at radius 3 is 2.51 bits per heavy atom. The predicted octanol–water partition coefficient (Wildman–Crippen LogP) is 4.87. The highest BCUT2D eigenvalue weighted by atomic mass is 35.5. The lowest BCUT2D eigenvalue weighted by Gasteiger charge is -2.29. The lowest BCUT2D eigenvalue weighted by Crippen LogP contribution is -2.33. The van der Waals surface area contributed by atoms with E-state index in [0.717, 1.165) is 55.5 Å². The second-order valence-corrected chi connectivity index (χ2v) is 9.77. The predicted molar refractivity (Wildman–Crippen MR) is 152 cm³/mol. The maximum Gasteiger partial charge on any atom is 0.257 e. The minimum Gasteiger partial charge on any atom is -0.493 e. The maximum absolute atomic E-state index is 12.9. The first-order chi connectivity index (χ1) is 19.0. The number of ether oxygens (including phenoxy) is 2. The Balaban J connectivity index is 1.15. The van der Waals surface area contributed by atoms with Crippen LogP contribution in [0.4, 0.5) is 11.4 Å². The van der Waals surface area contributed by atoms with E-state index in [0.29, 0.717) is 22.8 Å². The average Bonchev–Trinajstić information content (AvgIpc) is 3.43. The topological polar surface area (TPSA) is 93.5 Å². The summed E-state index contributed by atoms with van der Waals surface area (Å²) in [6.07, 6.45) is 2.91. The van der Waals surface area contributed by atoms with Crippen molar-refractivity contribution in [2.24, 2.45) is 0 Å². The van der Waals surface area contributed by atoms with Crippen LogP contribution in [0.2, 0.25) is 5.02 Å². The van der Waals surface area contributed by atoms with E-state index in [1.807, 2.05) is 29.1 Å². The third-order valence-corrected chi connectivity index (χ3v) is 7.01. The Morgan fingerprint density at radius 1 is 1.00 bits per heavy atom. The van der Waals surface area contributed by atoms with E-state index in [2.05, 4.69) is 38.0 Å². The first kappa shape index (κ1) is 26.5. The number of anilines is 2. The molecule has 0 saturated heterocycles. The Labute approximate surface area is 232 Å². The molecule has 2 heterocycles. The number of amides is 1. The van der Waals surface area contributed by atoms with Crippen LogP contribution in [0.5, 0.6) is 11.5 Å². The Kier molecular flexibility index (Phi) is 8.29. The summed E-state index contributed by atoms with van der Waals surface area (Å²) in [7, 11) is 3.33. The van der Waals surface area contributed by atoms with Crippen LogP contribution in [0.25, 0.3) is 0 Å². The van der Waals surface area contributed by atoms with Gasteiger partial charge < -0.3 is 20.1 Å². The monoisotopic (exact) mass is 546 g/mol. The second-order valence-electron chi connectivity index (χ2n) is 9.34. The molecule has 5 rings (SSSR count). The van der Waals surface area contributed by atoms with Gasteiger partial charge in [-0.15, -0.1) is 5.10 Å². The number of aromatic nitrogens is 3. The molecule has 0 atom stereocenters. The highest BCUT2D eigenvalue weighted by Crippen LogP contribution is 2.33. The zero-order valence-electron chi connectivity index (χ0n) is 22.0. The fraction of sp³-hybridized carbons (Fsp3) is 0.276. The molecule has 0 saturated carbocycles. The lowest BCUT2D eigenvalue weighted by atomic mass is 9.99. The van der Waals surface area contributed by atoms with E-state index in [-0.39, 0.29) is 5.91 Å². The number of nitrogens with one attached hydrogen (secondary N) is 2. The van der Waals surface area contributed by atoms with E-state index >= 15 is 0 Å². The van der Waals surface area contributed by atoms with Gasteiger partial charge in [0, 0.05) is 36.0 Å². The molecule has 0 spiro atoms. The van der Waals surface area contributed by atoms with Gasteiger partial charge in [-0.1, -0.05) is 28.9 Å². The molecule has 0 unspecified atom stereocenters. The molecule has 202 valence electrons. The molecule has 2 N–H and O–H groups in total. The quantitative estimate of drug-likeness (QED) is 0.293. The van der Waals surface area contributed by atoms with Gasteiger partial charge in [0.1, 0.15) is 5.69 Å². The van der Waals surface area contributed by atoms with Crippen LogP contribution in [-0.4, -0.2) is 53.1 Å². The summed E-state index contributed by atoms with van der Waals surface area (Å²) in [5.41, 5.74) is 5.31. The number of halogens is 1. The first-order valence-corrected chi connectivity index (χ1v) is 13.1. The summed E-state index contributed by atoms with van der Waals surface area (Å²) in [4.78, 5) is 15.3. The molecule has 39 heavy (non-hydrogen) atoms. The number of methoxy groups -OCH3 is 2. The molecule has 0 aliphatic carbocycles. The molecule has 1 amide bonds. The molecule has 9 nitrogen and oxygen atoms in total. The van der Waals surface area contributed by atoms with E-state index in [1.54, 1.807) is 44.6 Å².